The van der Waals surface area contributed by atoms with E-state index in [1.54, 1.807) is 12.4 Å². The Labute approximate surface area is 88.7 Å². The van der Waals surface area contributed by atoms with Gasteiger partial charge >= 0.3 is 0 Å². The Morgan fingerprint density at radius 3 is 2.93 bits per heavy atom. The van der Waals surface area contributed by atoms with E-state index in [9.17, 15) is 0 Å². The fourth-order valence-corrected chi connectivity index (χ4v) is 2.87. The standard InChI is InChI=1S/C10H15N3S/c1-8-9(3-6-14-8)13-7-10-11-4-2-5-12-10/h2,4-5,8-9,13H,3,6-7H2,1H3. The molecular weight excluding hydrogens is 194 g/mol. The van der Waals surface area contributed by atoms with E-state index in [1.807, 2.05) is 17.8 Å². The lowest BCUT2D eigenvalue weighted by Gasteiger charge is -2.15. The van der Waals surface area contributed by atoms with Crippen LogP contribution < -0.4 is 5.32 Å². The molecule has 2 unspecified atom stereocenters. The van der Waals surface area contributed by atoms with E-state index >= 15 is 0 Å². The molecule has 3 nitrogen and oxygen atoms in total. The van der Waals surface area contributed by atoms with Gasteiger partial charge in [-0.05, 0) is 18.2 Å². The van der Waals surface area contributed by atoms with Gasteiger partial charge in [-0.15, -0.1) is 0 Å². The van der Waals surface area contributed by atoms with Crippen LogP contribution in [0.15, 0.2) is 18.5 Å². The van der Waals surface area contributed by atoms with Crippen molar-refractivity contribution in [3.8, 4) is 0 Å². The Morgan fingerprint density at radius 2 is 2.29 bits per heavy atom. The molecule has 1 aromatic heterocycles. The van der Waals surface area contributed by atoms with Gasteiger partial charge in [0, 0.05) is 23.7 Å². The highest BCUT2D eigenvalue weighted by Crippen LogP contribution is 2.26. The topological polar surface area (TPSA) is 37.8 Å². The molecule has 4 heteroatoms. The first-order valence-corrected chi connectivity index (χ1v) is 6.02. The zero-order chi connectivity index (χ0) is 9.80. The van der Waals surface area contributed by atoms with Gasteiger partial charge in [0.1, 0.15) is 5.82 Å². The number of thioether (sulfide) groups is 1. The van der Waals surface area contributed by atoms with E-state index in [2.05, 4.69) is 22.2 Å². The molecule has 1 fully saturated rings. The Kier molecular flexibility index (Phi) is 3.37. The van der Waals surface area contributed by atoms with Crippen molar-refractivity contribution < 1.29 is 0 Å². The minimum atomic E-state index is 0.629. The summed E-state index contributed by atoms with van der Waals surface area (Å²) >= 11 is 2.04. The molecule has 1 aliphatic rings. The van der Waals surface area contributed by atoms with Crippen LogP contribution >= 0.6 is 11.8 Å². The van der Waals surface area contributed by atoms with Gasteiger partial charge < -0.3 is 5.32 Å². The fraction of sp³-hybridized carbons (Fsp3) is 0.600. The maximum absolute atomic E-state index is 4.18. The molecule has 2 rings (SSSR count). The van der Waals surface area contributed by atoms with Gasteiger partial charge in [0.15, 0.2) is 0 Å². The quantitative estimate of drug-likeness (QED) is 0.818. The molecule has 0 saturated carbocycles. The van der Waals surface area contributed by atoms with Gasteiger partial charge in [0.2, 0.25) is 0 Å². The first-order chi connectivity index (χ1) is 6.86. The molecular formula is C10H15N3S. The lowest BCUT2D eigenvalue weighted by atomic mass is 10.2. The highest BCUT2D eigenvalue weighted by molar-refractivity contribution is 8.00. The summed E-state index contributed by atoms with van der Waals surface area (Å²) in [6, 6.07) is 2.47. The monoisotopic (exact) mass is 209 g/mol. The van der Waals surface area contributed by atoms with Crippen LogP contribution in [0.5, 0.6) is 0 Å². The average molecular weight is 209 g/mol. The summed E-state index contributed by atoms with van der Waals surface area (Å²) < 4.78 is 0. The Bertz CT molecular complexity index is 278. The lowest BCUT2D eigenvalue weighted by molar-refractivity contribution is 0.503. The third kappa shape index (κ3) is 2.45. The van der Waals surface area contributed by atoms with Crippen molar-refractivity contribution in [2.45, 2.75) is 31.2 Å². The summed E-state index contributed by atoms with van der Waals surface area (Å²) in [5, 5.41) is 4.22. The van der Waals surface area contributed by atoms with Crippen molar-refractivity contribution in [1.82, 2.24) is 15.3 Å². The second kappa shape index (κ2) is 4.75. The zero-order valence-electron chi connectivity index (χ0n) is 8.31. The summed E-state index contributed by atoms with van der Waals surface area (Å²) in [5.41, 5.74) is 0. The first kappa shape index (κ1) is 9.93. The minimum absolute atomic E-state index is 0.629. The van der Waals surface area contributed by atoms with Crippen LogP contribution in [-0.4, -0.2) is 27.0 Å². The Hall–Kier alpha value is -0.610. The fourth-order valence-electron chi connectivity index (χ4n) is 1.64. The smallest absolute Gasteiger partial charge is 0.141 e. The highest BCUT2D eigenvalue weighted by Gasteiger charge is 2.23. The van der Waals surface area contributed by atoms with E-state index in [1.165, 1.54) is 12.2 Å². The second-order valence-electron chi connectivity index (χ2n) is 3.52. The summed E-state index contributed by atoms with van der Waals surface area (Å²) in [4.78, 5) is 8.37. The van der Waals surface area contributed by atoms with Crippen LogP contribution in [0, 0.1) is 0 Å². The van der Waals surface area contributed by atoms with Crippen molar-refractivity contribution in [3.63, 3.8) is 0 Å². The summed E-state index contributed by atoms with van der Waals surface area (Å²) in [6.45, 7) is 3.07. The molecule has 0 spiro atoms. The van der Waals surface area contributed by atoms with Crippen molar-refractivity contribution in [2.24, 2.45) is 0 Å². The molecule has 1 aromatic rings. The predicted molar refractivity (Wildman–Crippen MR) is 59.2 cm³/mol. The number of nitrogens with one attached hydrogen (secondary N) is 1. The van der Waals surface area contributed by atoms with Crippen molar-refractivity contribution in [3.05, 3.63) is 24.3 Å². The molecule has 0 bridgehead atoms. The normalized spacial score (nSPS) is 26.6. The third-order valence-electron chi connectivity index (χ3n) is 2.52. The largest absolute Gasteiger partial charge is 0.306 e. The number of nitrogens with zero attached hydrogens (tertiary/aromatic N) is 2. The SMILES string of the molecule is CC1SCCC1NCc1ncccn1. The van der Waals surface area contributed by atoms with Crippen molar-refractivity contribution in [1.29, 1.82) is 0 Å². The van der Waals surface area contributed by atoms with E-state index in [4.69, 9.17) is 0 Å². The van der Waals surface area contributed by atoms with Crippen LogP contribution in [0.3, 0.4) is 0 Å². The van der Waals surface area contributed by atoms with Crippen molar-refractivity contribution >= 4 is 11.8 Å². The van der Waals surface area contributed by atoms with Gasteiger partial charge in [-0.1, -0.05) is 6.92 Å². The maximum Gasteiger partial charge on any atom is 0.141 e. The zero-order valence-corrected chi connectivity index (χ0v) is 9.13. The van der Waals surface area contributed by atoms with E-state index < -0.39 is 0 Å². The number of hydrogen-bond donors (Lipinski definition) is 1. The van der Waals surface area contributed by atoms with Gasteiger partial charge in [0.25, 0.3) is 0 Å². The number of rotatable bonds is 3. The summed E-state index contributed by atoms with van der Waals surface area (Å²) in [7, 11) is 0. The van der Waals surface area contributed by atoms with Gasteiger partial charge in [0.05, 0.1) is 6.54 Å². The van der Waals surface area contributed by atoms with Crippen molar-refractivity contribution in [2.75, 3.05) is 5.75 Å². The molecule has 1 aliphatic heterocycles. The Morgan fingerprint density at radius 1 is 1.50 bits per heavy atom. The number of hydrogen-bond acceptors (Lipinski definition) is 4. The van der Waals surface area contributed by atoms with E-state index in [-0.39, 0.29) is 0 Å². The van der Waals surface area contributed by atoms with Crippen LogP contribution in [0.25, 0.3) is 0 Å². The molecule has 0 amide bonds. The molecule has 0 aromatic carbocycles. The second-order valence-corrected chi connectivity index (χ2v) is 5.00. The van der Waals surface area contributed by atoms with E-state index in [0.717, 1.165) is 17.6 Å². The molecule has 0 aliphatic carbocycles. The molecule has 2 atom stereocenters. The first-order valence-electron chi connectivity index (χ1n) is 4.97. The molecule has 2 heterocycles. The van der Waals surface area contributed by atoms with E-state index in [0.29, 0.717) is 6.04 Å². The summed E-state index contributed by atoms with van der Waals surface area (Å²) in [5.74, 6) is 2.16. The van der Waals surface area contributed by atoms with Crippen LogP contribution in [0.2, 0.25) is 0 Å². The molecule has 0 radical (unpaired) electrons. The molecule has 1 N–H and O–H groups in total. The van der Waals surface area contributed by atoms with Crippen LogP contribution in [0.4, 0.5) is 0 Å². The van der Waals surface area contributed by atoms with Gasteiger partial charge in [-0.3, -0.25) is 0 Å². The van der Waals surface area contributed by atoms with Gasteiger partial charge in [-0.25, -0.2) is 9.97 Å². The maximum atomic E-state index is 4.18. The summed E-state index contributed by atoms with van der Waals surface area (Å²) in [6.07, 6.45) is 4.84. The van der Waals surface area contributed by atoms with Gasteiger partial charge in [-0.2, -0.15) is 11.8 Å². The van der Waals surface area contributed by atoms with Crippen LogP contribution in [0.1, 0.15) is 19.2 Å². The number of aromatic nitrogens is 2. The molecule has 76 valence electrons. The molecule has 1 saturated heterocycles. The lowest BCUT2D eigenvalue weighted by Crippen LogP contribution is -2.33. The average Bonchev–Trinajstić information content (AvgIpc) is 2.63. The highest BCUT2D eigenvalue weighted by atomic mass is 32.2. The molecule has 14 heavy (non-hydrogen) atoms. The third-order valence-corrected chi connectivity index (χ3v) is 3.84. The van der Waals surface area contributed by atoms with Crippen LogP contribution in [-0.2, 0) is 6.54 Å². The Balaban J connectivity index is 1.82. The predicted octanol–water partition coefficient (Wildman–Crippen LogP) is 1.46. The minimum Gasteiger partial charge on any atom is -0.306 e.